The molecule has 5 rings (SSSR count). The lowest BCUT2D eigenvalue weighted by Crippen LogP contribution is -2.50. The van der Waals surface area contributed by atoms with E-state index in [0.29, 0.717) is 62.3 Å². The van der Waals surface area contributed by atoms with E-state index in [4.69, 9.17) is 16.3 Å². The van der Waals surface area contributed by atoms with Crippen molar-refractivity contribution in [3.05, 3.63) is 64.9 Å². The van der Waals surface area contributed by atoms with Crippen LogP contribution in [-0.2, 0) is 4.74 Å². The van der Waals surface area contributed by atoms with Crippen LogP contribution in [0.15, 0.2) is 42.7 Å². The Morgan fingerprint density at radius 2 is 1.79 bits per heavy atom. The van der Waals surface area contributed by atoms with Crippen LogP contribution in [0, 0.1) is 11.6 Å². The monoisotopic (exact) mass is 542 g/mol. The summed E-state index contributed by atoms with van der Waals surface area (Å²) in [6, 6.07) is 6.85. The summed E-state index contributed by atoms with van der Waals surface area (Å²) in [6.07, 6.45) is 3.16. The maximum absolute atomic E-state index is 15.6. The van der Waals surface area contributed by atoms with Crippen molar-refractivity contribution in [2.45, 2.75) is 13.0 Å². The number of hydrogen-bond donors (Lipinski definition) is 1. The highest BCUT2D eigenvalue weighted by atomic mass is 35.5. The zero-order valence-electron chi connectivity index (χ0n) is 21.3. The lowest BCUT2D eigenvalue weighted by molar-refractivity contribution is 0.102. The minimum Gasteiger partial charge on any atom is -0.378 e. The number of piperazine rings is 1. The first kappa shape index (κ1) is 26.3. The molecule has 200 valence electrons. The molecule has 2 aliphatic rings. The standard InChI is InChI=1S/C27H29ClF2N6O2/c1-17-16-36(6-5-34(17)2)25-13-23(30)21(18-14-31-27(32-15-18)35-7-9-38-10-8-35)12-24(25)33-26(37)20-4-3-19(29)11-22(20)28/h3-4,11-15,17H,5-10,16H2,1-2H3,(H,33,37)/t17-/m0/s1. The first-order valence-corrected chi connectivity index (χ1v) is 12.9. The topological polar surface area (TPSA) is 73.8 Å². The summed E-state index contributed by atoms with van der Waals surface area (Å²) < 4.78 is 34.5. The van der Waals surface area contributed by atoms with Crippen molar-refractivity contribution in [3.63, 3.8) is 0 Å². The molecule has 0 spiro atoms. The molecular formula is C27H29ClF2N6O2. The number of nitrogens with one attached hydrogen (secondary N) is 1. The summed E-state index contributed by atoms with van der Waals surface area (Å²) in [5.74, 6) is -0.953. The van der Waals surface area contributed by atoms with Gasteiger partial charge in [-0.15, -0.1) is 0 Å². The highest BCUT2D eigenvalue weighted by molar-refractivity contribution is 6.34. The number of amides is 1. The molecule has 3 aromatic rings. The van der Waals surface area contributed by atoms with E-state index in [0.717, 1.165) is 12.6 Å². The van der Waals surface area contributed by atoms with Crippen molar-refractivity contribution < 1.29 is 18.3 Å². The van der Waals surface area contributed by atoms with Gasteiger partial charge in [0.2, 0.25) is 5.95 Å². The van der Waals surface area contributed by atoms with Gasteiger partial charge in [-0.2, -0.15) is 0 Å². The van der Waals surface area contributed by atoms with E-state index in [9.17, 15) is 9.18 Å². The molecule has 1 N–H and O–H groups in total. The molecule has 1 aromatic heterocycles. The minimum absolute atomic E-state index is 0.00768. The smallest absolute Gasteiger partial charge is 0.257 e. The van der Waals surface area contributed by atoms with Crippen LogP contribution < -0.4 is 15.1 Å². The molecule has 2 aromatic carbocycles. The number of aromatic nitrogens is 2. The first-order chi connectivity index (χ1) is 18.3. The summed E-state index contributed by atoms with van der Waals surface area (Å²) >= 11 is 6.14. The Balaban J connectivity index is 1.50. The zero-order chi connectivity index (χ0) is 26.8. The molecule has 2 saturated heterocycles. The second-order valence-corrected chi connectivity index (χ2v) is 9.98. The van der Waals surface area contributed by atoms with Gasteiger partial charge in [0.1, 0.15) is 11.6 Å². The molecule has 0 bridgehead atoms. The van der Waals surface area contributed by atoms with Gasteiger partial charge in [0, 0.05) is 62.3 Å². The van der Waals surface area contributed by atoms with Gasteiger partial charge in [0.25, 0.3) is 5.91 Å². The number of carbonyl (C=O) groups is 1. The third-order valence-corrected chi connectivity index (χ3v) is 7.37. The van der Waals surface area contributed by atoms with Crippen LogP contribution in [0.5, 0.6) is 0 Å². The van der Waals surface area contributed by atoms with E-state index in [-0.39, 0.29) is 22.2 Å². The minimum atomic E-state index is -0.539. The molecule has 11 heteroatoms. The van der Waals surface area contributed by atoms with Crippen molar-refractivity contribution in [1.82, 2.24) is 14.9 Å². The third-order valence-electron chi connectivity index (χ3n) is 7.05. The highest BCUT2D eigenvalue weighted by Crippen LogP contribution is 2.36. The van der Waals surface area contributed by atoms with Gasteiger partial charge in [-0.25, -0.2) is 18.7 Å². The maximum atomic E-state index is 15.6. The molecule has 0 saturated carbocycles. The highest BCUT2D eigenvalue weighted by Gasteiger charge is 2.25. The van der Waals surface area contributed by atoms with Crippen LogP contribution in [0.4, 0.5) is 26.1 Å². The largest absolute Gasteiger partial charge is 0.378 e. The second-order valence-electron chi connectivity index (χ2n) is 9.57. The quantitative estimate of drug-likeness (QED) is 0.515. The van der Waals surface area contributed by atoms with Crippen molar-refractivity contribution in [1.29, 1.82) is 0 Å². The summed E-state index contributed by atoms with van der Waals surface area (Å²) in [5, 5.41) is 2.87. The van der Waals surface area contributed by atoms with E-state index in [2.05, 4.69) is 32.0 Å². The summed E-state index contributed by atoms with van der Waals surface area (Å²) in [7, 11) is 2.05. The summed E-state index contributed by atoms with van der Waals surface area (Å²) in [5.41, 5.74) is 1.83. The molecule has 1 amide bonds. The Hall–Kier alpha value is -3.34. The van der Waals surface area contributed by atoms with Crippen LogP contribution >= 0.6 is 11.6 Å². The van der Waals surface area contributed by atoms with Crippen LogP contribution in [0.2, 0.25) is 5.02 Å². The molecule has 2 fully saturated rings. The molecule has 38 heavy (non-hydrogen) atoms. The lowest BCUT2D eigenvalue weighted by atomic mass is 10.0. The SMILES string of the molecule is C[C@H]1CN(c2cc(F)c(-c3cnc(N4CCOCC4)nc3)cc2NC(=O)c2ccc(F)cc2Cl)CCN1C. The number of anilines is 3. The number of ether oxygens (including phenoxy) is 1. The average Bonchev–Trinajstić information content (AvgIpc) is 2.91. The van der Waals surface area contributed by atoms with Crippen LogP contribution in [0.3, 0.4) is 0 Å². The number of rotatable bonds is 5. The van der Waals surface area contributed by atoms with Gasteiger partial charge < -0.3 is 24.8 Å². The summed E-state index contributed by atoms with van der Waals surface area (Å²) in [6.45, 7) is 6.80. The lowest BCUT2D eigenvalue weighted by Gasteiger charge is -2.39. The van der Waals surface area contributed by atoms with Crippen molar-refractivity contribution in [2.24, 2.45) is 0 Å². The Labute approximate surface area is 225 Å². The predicted octanol–water partition coefficient (Wildman–Crippen LogP) is 4.30. The second kappa shape index (κ2) is 11.2. The Morgan fingerprint density at radius 3 is 2.47 bits per heavy atom. The molecule has 0 unspecified atom stereocenters. The van der Waals surface area contributed by atoms with Gasteiger partial charge in [0.15, 0.2) is 0 Å². The number of carbonyl (C=O) groups excluding carboxylic acids is 1. The molecule has 8 nitrogen and oxygen atoms in total. The van der Waals surface area contributed by atoms with Gasteiger partial charge in [0.05, 0.1) is 35.2 Å². The maximum Gasteiger partial charge on any atom is 0.257 e. The van der Waals surface area contributed by atoms with E-state index in [1.54, 1.807) is 18.5 Å². The number of likely N-dealkylation sites (N-methyl/N-ethyl adjacent to an activating group) is 1. The summed E-state index contributed by atoms with van der Waals surface area (Å²) in [4.78, 5) is 28.4. The Morgan fingerprint density at radius 1 is 1.05 bits per heavy atom. The molecular weight excluding hydrogens is 514 g/mol. The van der Waals surface area contributed by atoms with Gasteiger partial charge in [-0.3, -0.25) is 4.79 Å². The van der Waals surface area contributed by atoms with Crippen LogP contribution in [-0.4, -0.2) is 79.8 Å². The Bertz CT molecular complexity index is 1320. The van der Waals surface area contributed by atoms with E-state index in [1.807, 2.05) is 11.9 Å². The van der Waals surface area contributed by atoms with Crippen molar-refractivity contribution in [3.8, 4) is 11.1 Å². The normalized spacial score (nSPS) is 18.5. The van der Waals surface area contributed by atoms with Crippen LogP contribution in [0.25, 0.3) is 11.1 Å². The fourth-order valence-corrected chi connectivity index (χ4v) is 4.92. The van der Waals surface area contributed by atoms with E-state index < -0.39 is 17.5 Å². The van der Waals surface area contributed by atoms with Crippen molar-refractivity contribution in [2.75, 3.05) is 68.1 Å². The molecule has 0 radical (unpaired) electrons. The zero-order valence-corrected chi connectivity index (χ0v) is 22.0. The van der Waals surface area contributed by atoms with Gasteiger partial charge >= 0.3 is 0 Å². The molecule has 2 aliphatic heterocycles. The third kappa shape index (κ3) is 5.57. The van der Waals surface area contributed by atoms with E-state index >= 15 is 4.39 Å². The van der Waals surface area contributed by atoms with E-state index in [1.165, 1.54) is 18.2 Å². The first-order valence-electron chi connectivity index (χ1n) is 12.5. The number of nitrogens with zero attached hydrogens (tertiary/aromatic N) is 5. The average molecular weight is 543 g/mol. The molecule has 1 atom stereocenters. The van der Waals surface area contributed by atoms with Gasteiger partial charge in [-0.05, 0) is 44.3 Å². The van der Waals surface area contributed by atoms with Crippen molar-refractivity contribution >= 4 is 34.8 Å². The fourth-order valence-electron chi connectivity index (χ4n) is 4.66. The number of halogens is 3. The number of benzene rings is 2. The predicted molar refractivity (Wildman–Crippen MR) is 144 cm³/mol. The Kier molecular flexibility index (Phi) is 7.73. The fraction of sp³-hybridized carbons (Fsp3) is 0.370. The van der Waals surface area contributed by atoms with Gasteiger partial charge in [-0.1, -0.05) is 11.6 Å². The molecule has 0 aliphatic carbocycles. The number of morpholine rings is 1. The number of hydrogen-bond acceptors (Lipinski definition) is 7. The molecule has 3 heterocycles. The van der Waals surface area contributed by atoms with Crippen LogP contribution in [0.1, 0.15) is 17.3 Å².